The highest BCUT2D eigenvalue weighted by Gasteiger charge is 2.41. The number of alkyl halides is 1. The molecule has 0 aliphatic carbocycles. The second-order valence-corrected chi connectivity index (χ2v) is 6.09. The van der Waals surface area contributed by atoms with Gasteiger partial charge in [0.15, 0.2) is 0 Å². The SMILES string of the molecule is CCC(C)C1NC(=O)C(CC(C)C)N(CCCF)C1=O. The van der Waals surface area contributed by atoms with E-state index >= 15 is 0 Å². The summed E-state index contributed by atoms with van der Waals surface area (Å²) in [7, 11) is 0. The lowest BCUT2D eigenvalue weighted by molar-refractivity contribution is -0.151. The Morgan fingerprint density at radius 3 is 2.45 bits per heavy atom. The first-order valence-electron chi connectivity index (χ1n) is 7.59. The molecule has 4 nitrogen and oxygen atoms in total. The van der Waals surface area contributed by atoms with Gasteiger partial charge in [-0.25, -0.2) is 0 Å². The summed E-state index contributed by atoms with van der Waals surface area (Å²) in [5, 5.41) is 2.85. The molecule has 0 saturated carbocycles. The molecule has 0 bridgehead atoms. The van der Waals surface area contributed by atoms with Crippen LogP contribution in [0.2, 0.25) is 0 Å². The topological polar surface area (TPSA) is 49.4 Å². The second kappa shape index (κ2) is 7.60. The lowest BCUT2D eigenvalue weighted by Crippen LogP contribution is -2.65. The van der Waals surface area contributed by atoms with E-state index in [9.17, 15) is 14.0 Å². The van der Waals surface area contributed by atoms with Gasteiger partial charge < -0.3 is 10.2 Å². The molecule has 1 saturated heterocycles. The second-order valence-electron chi connectivity index (χ2n) is 6.09. The molecule has 0 aromatic heterocycles. The smallest absolute Gasteiger partial charge is 0.246 e. The summed E-state index contributed by atoms with van der Waals surface area (Å²) < 4.78 is 12.4. The van der Waals surface area contributed by atoms with E-state index in [1.54, 1.807) is 4.90 Å². The van der Waals surface area contributed by atoms with Gasteiger partial charge in [-0.3, -0.25) is 14.0 Å². The summed E-state index contributed by atoms with van der Waals surface area (Å²) in [5.41, 5.74) is 0. The summed E-state index contributed by atoms with van der Waals surface area (Å²) in [6.45, 7) is 7.85. The average Bonchev–Trinajstić information content (AvgIpc) is 2.40. The molecule has 1 N–H and O–H groups in total. The monoisotopic (exact) mass is 286 g/mol. The van der Waals surface area contributed by atoms with Crippen LogP contribution in [0.15, 0.2) is 0 Å². The summed E-state index contributed by atoms with van der Waals surface area (Å²) in [4.78, 5) is 26.4. The lowest BCUT2D eigenvalue weighted by Gasteiger charge is -2.41. The van der Waals surface area contributed by atoms with Gasteiger partial charge in [0.25, 0.3) is 0 Å². The highest BCUT2D eigenvalue weighted by atomic mass is 19.1. The molecule has 1 rings (SSSR count). The minimum atomic E-state index is -0.464. The van der Waals surface area contributed by atoms with Crippen LogP contribution in [0.5, 0.6) is 0 Å². The van der Waals surface area contributed by atoms with Gasteiger partial charge in [-0.15, -0.1) is 0 Å². The zero-order valence-corrected chi connectivity index (χ0v) is 13.0. The van der Waals surface area contributed by atoms with Crippen LogP contribution in [0.4, 0.5) is 4.39 Å². The van der Waals surface area contributed by atoms with Crippen molar-refractivity contribution in [2.24, 2.45) is 11.8 Å². The number of nitrogens with zero attached hydrogens (tertiary/aromatic N) is 1. The first kappa shape index (κ1) is 16.9. The van der Waals surface area contributed by atoms with Gasteiger partial charge in [-0.05, 0) is 24.7 Å². The third-order valence-corrected chi connectivity index (χ3v) is 3.97. The van der Waals surface area contributed by atoms with Crippen LogP contribution in [0.1, 0.15) is 47.0 Å². The molecule has 3 atom stereocenters. The molecule has 20 heavy (non-hydrogen) atoms. The van der Waals surface area contributed by atoms with E-state index in [-0.39, 0.29) is 17.7 Å². The molecule has 0 radical (unpaired) electrons. The van der Waals surface area contributed by atoms with Gasteiger partial charge in [0.1, 0.15) is 12.1 Å². The summed E-state index contributed by atoms with van der Waals surface area (Å²) in [6.07, 6.45) is 1.74. The minimum Gasteiger partial charge on any atom is -0.342 e. The van der Waals surface area contributed by atoms with E-state index in [1.807, 2.05) is 27.7 Å². The molecule has 5 heteroatoms. The molecule has 3 unspecified atom stereocenters. The Morgan fingerprint density at radius 2 is 1.95 bits per heavy atom. The number of carbonyl (C=O) groups is 2. The van der Waals surface area contributed by atoms with Crippen LogP contribution < -0.4 is 5.32 Å². The quantitative estimate of drug-likeness (QED) is 0.779. The molecule has 0 aromatic rings. The summed E-state index contributed by atoms with van der Waals surface area (Å²) in [6, 6.07) is -0.912. The first-order chi connectivity index (χ1) is 9.42. The van der Waals surface area contributed by atoms with Gasteiger partial charge in [-0.2, -0.15) is 0 Å². The van der Waals surface area contributed by atoms with Gasteiger partial charge in [-0.1, -0.05) is 34.1 Å². The van der Waals surface area contributed by atoms with Gasteiger partial charge >= 0.3 is 0 Å². The predicted molar refractivity (Wildman–Crippen MR) is 76.9 cm³/mol. The zero-order chi connectivity index (χ0) is 15.3. The van der Waals surface area contributed by atoms with Crippen LogP contribution in [0.3, 0.4) is 0 Å². The Balaban J connectivity index is 2.91. The van der Waals surface area contributed by atoms with Crippen LogP contribution >= 0.6 is 0 Å². The van der Waals surface area contributed by atoms with Crippen molar-refractivity contribution in [3.63, 3.8) is 0 Å². The lowest BCUT2D eigenvalue weighted by atomic mass is 9.91. The Morgan fingerprint density at radius 1 is 1.30 bits per heavy atom. The minimum absolute atomic E-state index is 0.0574. The standard InChI is InChI=1S/C15H27FN2O2/c1-5-11(4)13-15(20)18(8-6-7-16)12(9-10(2)3)14(19)17-13/h10-13H,5-9H2,1-4H3,(H,17,19). The van der Waals surface area contributed by atoms with Crippen LogP contribution in [0, 0.1) is 11.8 Å². The third-order valence-electron chi connectivity index (χ3n) is 3.97. The van der Waals surface area contributed by atoms with Crippen molar-refractivity contribution in [1.29, 1.82) is 0 Å². The highest BCUT2D eigenvalue weighted by Crippen LogP contribution is 2.22. The van der Waals surface area contributed by atoms with Crippen LogP contribution in [-0.2, 0) is 9.59 Å². The number of halogens is 1. The average molecular weight is 286 g/mol. The fourth-order valence-corrected chi connectivity index (χ4v) is 2.58. The number of rotatable bonds is 7. The molecular formula is C15H27FN2O2. The summed E-state index contributed by atoms with van der Waals surface area (Å²) >= 11 is 0. The molecule has 0 spiro atoms. The number of amides is 2. The van der Waals surface area contributed by atoms with Crippen molar-refractivity contribution < 1.29 is 14.0 Å². The van der Waals surface area contributed by atoms with E-state index in [0.29, 0.717) is 25.3 Å². The van der Waals surface area contributed by atoms with Crippen LogP contribution in [0.25, 0.3) is 0 Å². The largest absolute Gasteiger partial charge is 0.342 e. The van der Waals surface area contributed by atoms with E-state index in [4.69, 9.17) is 0 Å². The molecule has 116 valence electrons. The number of hydrogen-bond donors (Lipinski definition) is 1. The van der Waals surface area contributed by atoms with E-state index < -0.39 is 18.8 Å². The van der Waals surface area contributed by atoms with Crippen molar-refractivity contribution in [1.82, 2.24) is 10.2 Å². The molecule has 2 amide bonds. The number of hydrogen-bond acceptors (Lipinski definition) is 2. The molecule has 1 fully saturated rings. The Bertz CT molecular complexity index is 347. The van der Waals surface area contributed by atoms with Crippen molar-refractivity contribution in [2.75, 3.05) is 13.2 Å². The highest BCUT2D eigenvalue weighted by molar-refractivity contribution is 5.97. The molecule has 1 aliphatic rings. The van der Waals surface area contributed by atoms with E-state index in [2.05, 4.69) is 5.32 Å². The molecule has 0 aromatic carbocycles. The maximum absolute atomic E-state index is 12.6. The molecule has 1 heterocycles. The normalized spacial score (nSPS) is 25.0. The maximum atomic E-state index is 12.6. The van der Waals surface area contributed by atoms with Gasteiger partial charge in [0.2, 0.25) is 11.8 Å². The van der Waals surface area contributed by atoms with Gasteiger partial charge in [0, 0.05) is 6.54 Å². The fraction of sp³-hybridized carbons (Fsp3) is 0.867. The number of piperazine rings is 1. The molecule has 1 aliphatic heterocycles. The first-order valence-corrected chi connectivity index (χ1v) is 7.59. The van der Waals surface area contributed by atoms with Crippen molar-refractivity contribution in [3.8, 4) is 0 Å². The molecular weight excluding hydrogens is 259 g/mol. The Labute approximate surface area is 121 Å². The van der Waals surface area contributed by atoms with Crippen LogP contribution in [-0.4, -0.2) is 42.0 Å². The van der Waals surface area contributed by atoms with E-state index in [0.717, 1.165) is 6.42 Å². The van der Waals surface area contributed by atoms with E-state index in [1.165, 1.54) is 0 Å². The van der Waals surface area contributed by atoms with Crippen molar-refractivity contribution in [2.45, 2.75) is 59.0 Å². The Hall–Kier alpha value is -1.13. The number of nitrogens with one attached hydrogen (secondary N) is 1. The maximum Gasteiger partial charge on any atom is 0.246 e. The van der Waals surface area contributed by atoms with Crippen molar-refractivity contribution >= 4 is 11.8 Å². The van der Waals surface area contributed by atoms with Gasteiger partial charge in [0.05, 0.1) is 6.67 Å². The number of carbonyl (C=O) groups excluding carboxylic acids is 2. The zero-order valence-electron chi connectivity index (χ0n) is 13.0. The fourth-order valence-electron chi connectivity index (χ4n) is 2.58. The predicted octanol–water partition coefficient (Wildman–Crippen LogP) is 2.13. The summed E-state index contributed by atoms with van der Waals surface area (Å²) in [5.74, 6) is 0.256. The third kappa shape index (κ3) is 3.93. The Kier molecular flexibility index (Phi) is 6.43. The van der Waals surface area contributed by atoms with Crippen molar-refractivity contribution in [3.05, 3.63) is 0 Å².